The minimum atomic E-state index is -4.39. The number of aromatic carboxylic acids is 1. The summed E-state index contributed by atoms with van der Waals surface area (Å²) in [5.41, 5.74) is -0.348. The largest absolute Gasteiger partial charge is 0.478 e. The maximum Gasteiger partial charge on any atom is 0.416 e. The standard InChI is InChI=1S/C12H8F3NO3/c13-12(14,15)8-3-1-7(2-4-8)5-10-9(11(17)18)6-16-19-10/h1-4,6H,5H2,(H,17,18). The van der Waals surface area contributed by atoms with Crippen LogP contribution in [-0.2, 0) is 12.6 Å². The van der Waals surface area contributed by atoms with Gasteiger partial charge in [-0.1, -0.05) is 17.3 Å². The monoisotopic (exact) mass is 271 g/mol. The lowest BCUT2D eigenvalue weighted by Crippen LogP contribution is -2.05. The van der Waals surface area contributed by atoms with Gasteiger partial charge < -0.3 is 9.63 Å². The van der Waals surface area contributed by atoms with Crippen molar-refractivity contribution in [2.45, 2.75) is 12.6 Å². The zero-order chi connectivity index (χ0) is 14.0. The molecule has 19 heavy (non-hydrogen) atoms. The Morgan fingerprint density at radius 2 is 1.89 bits per heavy atom. The molecule has 7 heteroatoms. The molecular weight excluding hydrogens is 263 g/mol. The molecule has 0 unspecified atom stereocenters. The van der Waals surface area contributed by atoms with Gasteiger partial charge in [0, 0.05) is 6.42 Å². The number of aromatic nitrogens is 1. The summed E-state index contributed by atoms with van der Waals surface area (Å²) < 4.78 is 41.9. The average molecular weight is 271 g/mol. The predicted octanol–water partition coefficient (Wildman–Crippen LogP) is 2.98. The molecule has 0 amide bonds. The van der Waals surface area contributed by atoms with Crippen LogP contribution in [0.15, 0.2) is 35.0 Å². The van der Waals surface area contributed by atoms with Gasteiger partial charge in [-0.2, -0.15) is 13.2 Å². The molecule has 1 aromatic heterocycles. The lowest BCUT2D eigenvalue weighted by Gasteiger charge is -2.06. The van der Waals surface area contributed by atoms with Crippen LogP contribution in [0.3, 0.4) is 0 Å². The van der Waals surface area contributed by atoms with Crippen molar-refractivity contribution in [3.8, 4) is 0 Å². The number of rotatable bonds is 3. The van der Waals surface area contributed by atoms with Crippen LogP contribution in [0, 0.1) is 0 Å². The maximum absolute atomic E-state index is 12.4. The number of nitrogens with zero attached hydrogens (tertiary/aromatic N) is 1. The number of carbonyl (C=O) groups is 1. The predicted molar refractivity (Wildman–Crippen MR) is 57.7 cm³/mol. The van der Waals surface area contributed by atoms with Crippen LogP contribution in [0.2, 0.25) is 0 Å². The van der Waals surface area contributed by atoms with Gasteiger partial charge in [-0.15, -0.1) is 0 Å². The highest BCUT2D eigenvalue weighted by molar-refractivity contribution is 5.88. The van der Waals surface area contributed by atoms with E-state index in [0.29, 0.717) is 5.56 Å². The molecule has 1 N–H and O–H groups in total. The molecule has 0 bridgehead atoms. The summed E-state index contributed by atoms with van der Waals surface area (Å²) in [7, 11) is 0. The molecule has 100 valence electrons. The molecule has 0 aliphatic carbocycles. The molecule has 0 atom stereocenters. The summed E-state index contributed by atoms with van der Waals surface area (Å²) in [6.45, 7) is 0. The molecule has 0 radical (unpaired) electrons. The van der Waals surface area contributed by atoms with E-state index < -0.39 is 17.7 Å². The molecule has 1 heterocycles. The number of hydrogen-bond acceptors (Lipinski definition) is 3. The van der Waals surface area contributed by atoms with E-state index in [2.05, 4.69) is 5.16 Å². The molecule has 0 saturated carbocycles. The lowest BCUT2D eigenvalue weighted by atomic mass is 10.1. The third-order valence-corrected chi connectivity index (χ3v) is 2.52. The summed E-state index contributed by atoms with van der Waals surface area (Å²) in [5, 5.41) is 12.2. The molecule has 2 rings (SSSR count). The number of hydrogen-bond donors (Lipinski definition) is 1. The van der Waals surface area contributed by atoms with Crippen LogP contribution in [0.25, 0.3) is 0 Å². The first-order valence-corrected chi connectivity index (χ1v) is 5.21. The molecule has 0 aliphatic rings. The van der Waals surface area contributed by atoms with Gasteiger partial charge in [-0.05, 0) is 17.7 Å². The van der Waals surface area contributed by atoms with Crippen LogP contribution >= 0.6 is 0 Å². The van der Waals surface area contributed by atoms with E-state index in [4.69, 9.17) is 9.63 Å². The van der Waals surface area contributed by atoms with Gasteiger partial charge in [-0.3, -0.25) is 0 Å². The van der Waals surface area contributed by atoms with Crippen molar-refractivity contribution in [3.63, 3.8) is 0 Å². The molecule has 0 aliphatic heterocycles. The van der Waals surface area contributed by atoms with E-state index in [1.165, 1.54) is 12.1 Å². The van der Waals surface area contributed by atoms with Gasteiger partial charge in [0.2, 0.25) is 0 Å². The van der Waals surface area contributed by atoms with Crippen LogP contribution in [0.1, 0.15) is 27.2 Å². The summed E-state index contributed by atoms with van der Waals surface area (Å²) in [4.78, 5) is 10.8. The van der Waals surface area contributed by atoms with E-state index in [-0.39, 0.29) is 17.7 Å². The minimum absolute atomic E-state index is 0.0692. The topological polar surface area (TPSA) is 63.3 Å². The number of carboxylic acid groups (broad SMARTS) is 1. The van der Waals surface area contributed by atoms with Crippen molar-refractivity contribution in [2.24, 2.45) is 0 Å². The van der Waals surface area contributed by atoms with Crippen LogP contribution in [-0.4, -0.2) is 16.2 Å². The fourth-order valence-corrected chi connectivity index (χ4v) is 1.56. The highest BCUT2D eigenvalue weighted by Gasteiger charge is 2.30. The zero-order valence-corrected chi connectivity index (χ0v) is 9.44. The van der Waals surface area contributed by atoms with Crippen molar-refractivity contribution in [1.29, 1.82) is 0 Å². The summed E-state index contributed by atoms with van der Waals surface area (Å²) >= 11 is 0. The number of alkyl halides is 3. The number of benzene rings is 1. The van der Waals surface area contributed by atoms with Crippen molar-refractivity contribution in [2.75, 3.05) is 0 Å². The summed E-state index contributed by atoms with van der Waals surface area (Å²) in [5.74, 6) is -1.09. The third-order valence-electron chi connectivity index (χ3n) is 2.52. The van der Waals surface area contributed by atoms with Gasteiger partial charge >= 0.3 is 12.1 Å². The summed E-state index contributed by atoms with van der Waals surface area (Å²) in [6.07, 6.45) is -3.27. The Kier molecular flexibility index (Phi) is 3.28. The number of carboxylic acids is 1. The molecule has 1 aromatic carbocycles. The van der Waals surface area contributed by atoms with Crippen LogP contribution in [0.5, 0.6) is 0 Å². The van der Waals surface area contributed by atoms with Crippen molar-refractivity contribution < 1.29 is 27.6 Å². The second-order valence-corrected chi connectivity index (χ2v) is 3.84. The fourth-order valence-electron chi connectivity index (χ4n) is 1.56. The normalized spacial score (nSPS) is 11.5. The van der Waals surface area contributed by atoms with E-state index in [1.807, 2.05) is 0 Å². The van der Waals surface area contributed by atoms with Gasteiger partial charge in [0.05, 0.1) is 11.8 Å². The van der Waals surface area contributed by atoms with Crippen LogP contribution < -0.4 is 0 Å². The van der Waals surface area contributed by atoms with Crippen LogP contribution in [0.4, 0.5) is 13.2 Å². The molecule has 2 aromatic rings. The van der Waals surface area contributed by atoms with Crippen molar-refractivity contribution in [3.05, 3.63) is 52.9 Å². The van der Waals surface area contributed by atoms with Gasteiger partial charge in [-0.25, -0.2) is 4.79 Å². The van der Waals surface area contributed by atoms with E-state index in [0.717, 1.165) is 18.3 Å². The lowest BCUT2D eigenvalue weighted by molar-refractivity contribution is -0.137. The van der Waals surface area contributed by atoms with E-state index >= 15 is 0 Å². The zero-order valence-electron chi connectivity index (χ0n) is 9.44. The van der Waals surface area contributed by atoms with Crippen molar-refractivity contribution >= 4 is 5.97 Å². The molecule has 0 fully saturated rings. The molecular formula is C12H8F3NO3. The minimum Gasteiger partial charge on any atom is -0.478 e. The van der Waals surface area contributed by atoms with E-state index in [1.54, 1.807) is 0 Å². The fraction of sp³-hybridized carbons (Fsp3) is 0.167. The smallest absolute Gasteiger partial charge is 0.416 e. The Morgan fingerprint density at radius 3 is 2.42 bits per heavy atom. The second kappa shape index (κ2) is 4.75. The molecule has 4 nitrogen and oxygen atoms in total. The van der Waals surface area contributed by atoms with Gasteiger partial charge in [0.25, 0.3) is 0 Å². The Morgan fingerprint density at radius 1 is 1.26 bits per heavy atom. The first-order chi connectivity index (χ1) is 8.88. The van der Waals surface area contributed by atoms with Gasteiger partial charge in [0.15, 0.2) is 5.76 Å². The summed E-state index contributed by atoms with van der Waals surface area (Å²) in [6, 6.07) is 4.42. The Labute approximate surface area is 105 Å². The molecule has 0 saturated heterocycles. The molecule has 0 spiro atoms. The second-order valence-electron chi connectivity index (χ2n) is 3.84. The quantitative estimate of drug-likeness (QED) is 0.932. The van der Waals surface area contributed by atoms with E-state index in [9.17, 15) is 18.0 Å². The number of halogens is 3. The highest BCUT2D eigenvalue weighted by Crippen LogP contribution is 2.29. The third kappa shape index (κ3) is 2.93. The Hall–Kier alpha value is -2.31. The van der Waals surface area contributed by atoms with Crippen molar-refractivity contribution in [1.82, 2.24) is 5.16 Å². The Bertz CT molecular complexity index is 587. The first kappa shape index (κ1) is 13.1. The Balaban J connectivity index is 2.20. The maximum atomic E-state index is 12.4. The van der Waals surface area contributed by atoms with Gasteiger partial charge in [0.1, 0.15) is 5.56 Å². The first-order valence-electron chi connectivity index (χ1n) is 5.21. The SMILES string of the molecule is O=C(O)c1cnoc1Cc1ccc(C(F)(F)F)cc1. The average Bonchev–Trinajstić information content (AvgIpc) is 2.77. The highest BCUT2D eigenvalue weighted by atomic mass is 19.4.